The summed E-state index contributed by atoms with van der Waals surface area (Å²) in [5, 5.41) is 0. The lowest BCUT2D eigenvalue weighted by Gasteiger charge is -2.08. The third kappa shape index (κ3) is 2.23. The third-order valence-electron chi connectivity index (χ3n) is 1.33. The first-order chi connectivity index (χ1) is 6.06. The summed E-state index contributed by atoms with van der Waals surface area (Å²) in [4.78, 5) is 3.06. The zero-order chi connectivity index (χ0) is 10.0. The quantitative estimate of drug-likeness (QED) is 0.619. The van der Waals surface area contributed by atoms with E-state index in [-0.39, 0.29) is 9.32 Å². The monoisotopic (exact) mass is 303 g/mol. The van der Waals surface area contributed by atoms with Crippen LogP contribution in [0.1, 0.15) is 12.1 Å². The van der Waals surface area contributed by atoms with Crippen LogP contribution in [-0.2, 0) is 0 Å². The van der Waals surface area contributed by atoms with E-state index in [1.165, 1.54) is 7.11 Å². The first-order valence-corrected chi connectivity index (χ1v) is 4.32. The van der Waals surface area contributed by atoms with E-state index in [9.17, 15) is 13.2 Å². The molecule has 0 amide bonds. The summed E-state index contributed by atoms with van der Waals surface area (Å²) in [5.74, 6) is -1.00. The molecule has 0 unspecified atom stereocenters. The largest absolute Gasteiger partial charge is 0.493 e. The molecule has 1 aromatic rings. The molecule has 13 heavy (non-hydrogen) atoms. The maximum Gasteiger partial charge on any atom is 0.284 e. The van der Waals surface area contributed by atoms with Gasteiger partial charge in [-0.3, -0.25) is 0 Å². The second-order valence-electron chi connectivity index (χ2n) is 2.15. The van der Waals surface area contributed by atoms with Gasteiger partial charge in [-0.25, -0.2) is 13.8 Å². The van der Waals surface area contributed by atoms with Crippen molar-refractivity contribution in [2.24, 2.45) is 0 Å². The van der Waals surface area contributed by atoms with E-state index in [1.54, 1.807) is 22.6 Å². The van der Waals surface area contributed by atoms with Gasteiger partial charge in [0, 0.05) is 6.07 Å². The zero-order valence-corrected chi connectivity index (χ0v) is 8.68. The summed E-state index contributed by atoms with van der Waals surface area (Å²) < 4.78 is 42.1. The van der Waals surface area contributed by atoms with E-state index in [0.29, 0.717) is 0 Å². The van der Waals surface area contributed by atoms with Gasteiger partial charge in [0.1, 0.15) is 0 Å². The Morgan fingerprint density at radius 3 is 2.62 bits per heavy atom. The highest BCUT2D eigenvalue weighted by Gasteiger charge is 2.19. The highest BCUT2D eigenvalue weighted by molar-refractivity contribution is 14.1. The molecule has 0 atom stereocenters. The smallest absolute Gasteiger partial charge is 0.284 e. The number of nitrogens with zero attached hydrogens (tertiary/aromatic N) is 1. The van der Waals surface area contributed by atoms with E-state index in [0.717, 1.165) is 6.07 Å². The molecule has 0 N–H and O–H groups in total. The molecule has 0 saturated carbocycles. The number of methoxy groups -OCH3 is 1. The van der Waals surface area contributed by atoms with Crippen LogP contribution in [0.15, 0.2) is 6.07 Å². The fourth-order valence-corrected chi connectivity index (χ4v) is 1.59. The predicted molar refractivity (Wildman–Crippen MR) is 48.4 cm³/mol. The summed E-state index contributed by atoms with van der Waals surface area (Å²) in [6, 6.07) is 1.03. The molecule has 0 aliphatic rings. The molecule has 0 aliphatic carbocycles. The maximum atomic E-state index is 12.6. The molecule has 1 aromatic heterocycles. The first kappa shape index (κ1) is 10.6. The number of rotatable bonds is 2. The number of hydrogen-bond donors (Lipinski definition) is 0. The van der Waals surface area contributed by atoms with E-state index >= 15 is 0 Å². The van der Waals surface area contributed by atoms with Gasteiger partial charge in [0.15, 0.2) is 11.4 Å². The lowest BCUT2D eigenvalue weighted by atomic mass is 10.3. The Labute approximate surface area is 86.3 Å². The topological polar surface area (TPSA) is 22.1 Å². The van der Waals surface area contributed by atoms with Crippen molar-refractivity contribution in [3.8, 4) is 5.75 Å². The van der Waals surface area contributed by atoms with Gasteiger partial charge in [-0.15, -0.1) is 0 Å². The summed E-state index contributed by atoms with van der Waals surface area (Å²) >= 11 is 1.71. The van der Waals surface area contributed by atoms with Gasteiger partial charge >= 0.3 is 0 Å². The molecule has 0 radical (unpaired) electrons. The summed E-state index contributed by atoms with van der Waals surface area (Å²) in [6.07, 6.45) is -2.83. The first-order valence-electron chi connectivity index (χ1n) is 3.24. The second-order valence-corrected chi connectivity index (χ2v) is 3.31. The average molecular weight is 303 g/mol. The molecule has 72 valence electrons. The maximum absolute atomic E-state index is 12.6. The Balaban J connectivity index is 3.29. The van der Waals surface area contributed by atoms with E-state index in [4.69, 9.17) is 0 Å². The Morgan fingerprint density at radius 2 is 2.15 bits per heavy atom. The molecule has 1 rings (SSSR count). The van der Waals surface area contributed by atoms with Crippen LogP contribution in [0.2, 0.25) is 0 Å². The van der Waals surface area contributed by atoms with Gasteiger partial charge < -0.3 is 4.74 Å². The molecule has 0 bridgehead atoms. The number of ether oxygens (including phenoxy) is 1. The molecule has 0 saturated heterocycles. The molecular formula is C7H5F3INO. The number of aromatic nitrogens is 1. The molecule has 0 spiro atoms. The van der Waals surface area contributed by atoms with Crippen molar-refractivity contribution in [1.82, 2.24) is 4.98 Å². The van der Waals surface area contributed by atoms with E-state index in [1.807, 2.05) is 0 Å². The van der Waals surface area contributed by atoms with E-state index < -0.39 is 18.1 Å². The van der Waals surface area contributed by atoms with Gasteiger partial charge in [-0.2, -0.15) is 4.39 Å². The van der Waals surface area contributed by atoms with Crippen molar-refractivity contribution >= 4 is 22.6 Å². The van der Waals surface area contributed by atoms with Gasteiger partial charge in [0.25, 0.3) is 6.43 Å². The van der Waals surface area contributed by atoms with Gasteiger partial charge in [-0.05, 0) is 22.6 Å². The zero-order valence-electron chi connectivity index (χ0n) is 6.52. The van der Waals surface area contributed by atoms with Crippen molar-refractivity contribution in [1.29, 1.82) is 0 Å². The lowest BCUT2D eigenvalue weighted by Crippen LogP contribution is -2.00. The van der Waals surface area contributed by atoms with Gasteiger partial charge in [-0.1, -0.05) is 0 Å². The van der Waals surface area contributed by atoms with Crippen LogP contribution >= 0.6 is 22.6 Å². The molecule has 2 nitrogen and oxygen atoms in total. The second kappa shape index (κ2) is 4.12. The van der Waals surface area contributed by atoms with Crippen molar-refractivity contribution in [3.63, 3.8) is 0 Å². The Kier molecular flexibility index (Phi) is 3.34. The van der Waals surface area contributed by atoms with Crippen LogP contribution in [0, 0.1) is 9.52 Å². The molecule has 6 heteroatoms. The average Bonchev–Trinajstić information content (AvgIpc) is 2.02. The standard InChI is InChI=1S/C7H5F3INO/c1-13-6-3(11)2-4(8)12-5(6)7(9)10/h2,7H,1H3. The normalized spacial score (nSPS) is 10.6. The number of halogens is 4. The van der Waals surface area contributed by atoms with Crippen LogP contribution in [0.5, 0.6) is 5.75 Å². The molecule has 0 aliphatic heterocycles. The lowest BCUT2D eigenvalue weighted by molar-refractivity contribution is 0.139. The minimum absolute atomic E-state index is 0.0722. The molecular weight excluding hydrogens is 298 g/mol. The Hall–Kier alpha value is -0.530. The fourth-order valence-electron chi connectivity index (χ4n) is 0.841. The summed E-state index contributed by atoms with van der Waals surface area (Å²) in [5.41, 5.74) is -0.660. The highest BCUT2D eigenvalue weighted by atomic mass is 127. The van der Waals surface area contributed by atoms with Gasteiger partial charge in [0.05, 0.1) is 10.7 Å². The summed E-state index contributed by atoms with van der Waals surface area (Å²) in [7, 11) is 1.24. The minimum Gasteiger partial charge on any atom is -0.493 e. The number of alkyl halides is 2. The highest BCUT2D eigenvalue weighted by Crippen LogP contribution is 2.31. The minimum atomic E-state index is -2.83. The molecule has 0 fully saturated rings. The van der Waals surface area contributed by atoms with Crippen LogP contribution in [0.25, 0.3) is 0 Å². The molecule has 0 aromatic carbocycles. The number of hydrogen-bond acceptors (Lipinski definition) is 2. The van der Waals surface area contributed by atoms with Crippen LogP contribution in [-0.4, -0.2) is 12.1 Å². The SMILES string of the molecule is COc1c(I)cc(F)nc1C(F)F. The summed E-state index contributed by atoms with van der Waals surface area (Å²) in [6.45, 7) is 0. The van der Waals surface area contributed by atoms with Crippen LogP contribution in [0.3, 0.4) is 0 Å². The van der Waals surface area contributed by atoms with Crippen molar-refractivity contribution < 1.29 is 17.9 Å². The predicted octanol–water partition coefficient (Wildman–Crippen LogP) is 2.77. The van der Waals surface area contributed by atoms with Gasteiger partial charge in [0.2, 0.25) is 5.95 Å². The number of pyridine rings is 1. The molecule has 1 heterocycles. The Bertz CT molecular complexity index is 319. The third-order valence-corrected chi connectivity index (χ3v) is 2.13. The van der Waals surface area contributed by atoms with Crippen LogP contribution in [0.4, 0.5) is 13.2 Å². The van der Waals surface area contributed by atoms with Crippen molar-refractivity contribution in [3.05, 3.63) is 21.3 Å². The van der Waals surface area contributed by atoms with Crippen molar-refractivity contribution in [2.75, 3.05) is 7.11 Å². The van der Waals surface area contributed by atoms with E-state index in [2.05, 4.69) is 9.72 Å². The Morgan fingerprint density at radius 1 is 1.54 bits per heavy atom. The fraction of sp³-hybridized carbons (Fsp3) is 0.286. The van der Waals surface area contributed by atoms with Crippen molar-refractivity contribution in [2.45, 2.75) is 6.43 Å². The van der Waals surface area contributed by atoms with Crippen LogP contribution < -0.4 is 4.74 Å².